The molecular formula is C10H9N3O5. The Balaban J connectivity index is 3.00. The van der Waals surface area contributed by atoms with Gasteiger partial charge in [-0.25, -0.2) is 4.79 Å². The van der Waals surface area contributed by atoms with Gasteiger partial charge in [0.05, 0.1) is 11.1 Å². The Morgan fingerprint density at radius 2 is 1.50 bits per heavy atom. The van der Waals surface area contributed by atoms with Gasteiger partial charge in [-0.3, -0.25) is 23.5 Å². The second kappa shape index (κ2) is 3.42. The Morgan fingerprint density at radius 3 is 2.00 bits per heavy atom. The lowest BCUT2D eigenvalue weighted by Crippen LogP contribution is -2.42. The van der Waals surface area contributed by atoms with Gasteiger partial charge in [0.1, 0.15) is 5.82 Å². The van der Waals surface area contributed by atoms with E-state index in [0.29, 0.717) is 0 Å². The highest BCUT2D eigenvalue weighted by Gasteiger charge is 2.27. The van der Waals surface area contributed by atoms with Gasteiger partial charge in [0.2, 0.25) is 5.43 Å². The van der Waals surface area contributed by atoms with Gasteiger partial charge in [0, 0.05) is 14.1 Å². The van der Waals surface area contributed by atoms with Crippen LogP contribution in [0.15, 0.2) is 19.2 Å². The first-order chi connectivity index (χ1) is 8.29. The van der Waals surface area contributed by atoms with Crippen LogP contribution in [0, 0.1) is 0 Å². The van der Waals surface area contributed by atoms with Gasteiger partial charge < -0.3 is 10.8 Å². The summed E-state index contributed by atoms with van der Waals surface area (Å²) in [5.41, 5.74) is 1.24. The molecule has 0 atom stereocenters. The first kappa shape index (κ1) is 11.8. The van der Waals surface area contributed by atoms with Crippen LogP contribution in [-0.2, 0) is 14.1 Å². The molecule has 2 rings (SSSR count). The van der Waals surface area contributed by atoms with Crippen LogP contribution < -0.4 is 27.8 Å². The van der Waals surface area contributed by atoms with E-state index < -0.39 is 33.4 Å². The number of aromatic nitrogens is 2. The number of nitrogens with two attached hydrogens (primary N) is 1. The first-order valence-corrected chi connectivity index (χ1v) is 4.87. The van der Waals surface area contributed by atoms with Crippen molar-refractivity contribution in [3.63, 3.8) is 0 Å². The van der Waals surface area contributed by atoms with Crippen LogP contribution in [0.3, 0.4) is 0 Å². The maximum atomic E-state index is 11.9. The van der Waals surface area contributed by atoms with E-state index in [9.17, 15) is 24.3 Å². The lowest BCUT2D eigenvalue weighted by molar-refractivity contribution is 0.465. The Kier molecular flexibility index (Phi) is 2.25. The molecule has 2 aromatic rings. The van der Waals surface area contributed by atoms with Crippen LogP contribution in [0.5, 0.6) is 5.75 Å². The van der Waals surface area contributed by atoms with Gasteiger partial charge in [0.15, 0.2) is 5.75 Å². The van der Waals surface area contributed by atoms with Gasteiger partial charge in [-0.15, -0.1) is 0 Å². The molecule has 0 radical (unpaired) electrons. The number of nitrogens with zero attached hydrogens (tertiary/aromatic N) is 2. The minimum absolute atomic E-state index is 0.273. The van der Waals surface area contributed by atoms with E-state index in [4.69, 9.17) is 5.73 Å². The van der Waals surface area contributed by atoms with Crippen molar-refractivity contribution in [3.8, 4) is 16.9 Å². The van der Waals surface area contributed by atoms with Gasteiger partial charge in [0.25, 0.3) is 11.0 Å². The topological polar surface area (TPSA) is 124 Å². The summed E-state index contributed by atoms with van der Waals surface area (Å²) >= 11 is 0. The van der Waals surface area contributed by atoms with Gasteiger partial charge in [-0.05, 0) is 0 Å². The van der Waals surface area contributed by atoms with Crippen LogP contribution >= 0.6 is 0 Å². The van der Waals surface area contributed by atoms with Crippen molar-refractivity contribution in [3.05, 3.63) is 41.3 Å². The lowest BCUT2D eigenvalue weighted by atomic mass is 10.0. The predicted molar refractivity (Wildman–Crippen MR) is 63.3 cm³/mol. The molecule has 0 aliphatic rings. The summed E-state index contributed by atoms with van der Waals surface area (Å²) in [6, 6.07) is 0. The number of aromatic hydroxyl groups is 1. The highest BCUT2D eigenvalue weighted by Crippen LogP contribution is 2.24. The number of hydrogen-bond acceptors (Lipinski definition) is 6. The van der Waals surface area contributed by atoms with E-state index >= 15 is 0 Å². The highest BCUT2D eigenvalue weighted by molar-refractivity contribution is 5.80. The van der Waals surface area contributed by atoms with Crippen LogP contribution in [0.2, 0.25) is 0 Å². The van der Waals surface area contributed by atoms with Gasteiger partial charge in [-0.1, -0.05) is 0 Å². The standard InChI is InChI=1S/C10H9N3O5/c1-12-8(11)4(9(17)13(2)10(12)18)3-5(14)7(16)6(3)15/h14H,11H2,1-2H3. The zero-order valence-electron chi connectivity index (χ0n) is 9.55. The molecule has 3 N–H and O–H groups in total. The van der Waals surface area contributed by atoms with E-state index in [1.807, 2.05) is 0 Å². The second-order valence-electron chi connectivity index (χ2n) is 3.85. The molecule has 0 aliphatic carbocycles. The fraction of sp³-hybridized carbons (Fsp3) is 0.200. The molecule has 0 amide bonds. The smallest absolute Gasteiger partial charge is 0.332 e. The van der Waals surface area contributed by atoms with E-state index in [1.54, 1.807) is 0 Å². The van der Waals surface area contributed by atoms with E-state index in [-0.39, 0.29) is 11.4 Å². The molecular weight excluding hydrogens is 242 g/mol. The van der Waals surface area contributed by atoms with Crippen molar-refractivity contribution < 1.29 is 5.11 Å². The molecule has 8 nitrogen and oxygen atoms in total. The van der Waals surface area contributed by atoms with E-state index in [0.717, 1.165) is 9.13 Å². The van der Waals surface area contributed by atoms with Crippen molar-refractivity contribution >= 4 is 5.82 Å². The van der Waals surface area contributed by atoms with Crippen LogP contribution in [0.1, 0.15) is 0 Å². The van der Waals surface area contributed by atoms with Crippen molar-refractivity contribution in [2.45, 2.75) is 0 Å². The quantitative estimate of drug-likeness (QED) is 0.546. The van der Waals surface area contributed by atoms with Crippen molar-refractivity contribution in [2.24, 2.45) is 14.1 Å². The predicted octanol–water partition coefficient (Wildman–Crippen LogP) is -2.37. The molecule has 8 heteroatoms. The lowest BCUT2D eigenvalue weighted by Gasteiger charge is -2.12. The number of nitrogen functional groups attached to an aromatic ring is 1. The number of rotatable bonds is 1. The average Bonchev–Trinajstić information content (AvgIpc) is 2.37. The molecule has 18 heavy (non-hydrogen) atoms. The normalized spacial score (nSPS) is 11.0. The minimum Gasteiger partial charge on any atom is -0.503 e. The maximum Gasteiger partial charge on any atom is 0.332 e. The van der Waals surface area contributed by atoms with E-state index in [2.05, 4.69) is 0 Å². The highest BCUT2D eigenvalue weighted by atomic mass is 16.3. The van der Waals surface area contributed by atoms with Crippen LogP contribution in [0.25, 0.3) is 11.1 Å². The molecule has 1 heterocycles. The summed E-state index contributed by atoms with van der Waals surface area (Å²) in [5, 5.41) is 9.32. The number of hydrogen-bond donors (Lipinski definition) is 2. The summed E-state index contributed by atoms with van der Waals surface area (Å²) in [7, 11) is 2.51. The molecule has 0 aliphatic heterocycles. The fourth-order valence-electron chi connectivity index (χ4n) is 1.71. The van der Waals surface area contributed by atoms with Crippen LogP contribution in [0.4, 0.5) is 5.82 Å². The largest absolute Gasteiger partial charge is 0.503 e. The number of anilines is 1. The Bertz CT molecular complexity index is 848. The third-order valence-electron chi connectivity index (χ3n) is 2.85. The van der Waals surface area contributed by atoms with Gasteiger partial charge >= 0.3 is 5.69 Å². The molecule has 0 spiro atoms. The third-order valence-corrected chi connectivity index (χ3v) is 2.85. The molecule has 1 aromatic heterocycles. The molecule has 0 fully saturated rings. The SMILES string of the molecule is Cn1c(N)c(-c2c(O)c(=O)c2=O)c(=O)n(C)c1=O. The Labute approximate surface area is 98.8 Å². The Morgan fingerprint density at radius 1 is 0.944 bits per heavy atom. The Hall–Kier alpha value is -2.64. The third kappa shape index (κ3) is 1.19. The van der Waals surface area contributed by atoms with Crippen LogP contribution in [-0.4, -0.2) is 14.2 Å². The average molecular weight is 251 g/mol. The van der Waals surface area contributed by atoms with E-state index in [1.165, 1.54) is 14.1 Å². The zero-order valence-corrected chi connectivity index (χ0v) is 9.55. The second-order valence-corrected chi connectivity index (χ2v) is 3.85. The monoisotopic (exact) mass is 251 g/mol. The fourth-order valence-corrected chi connectivity index (χ4v) is 1.71. The molecule has 94 valence electrons. The molecule has 1 aromatic carbocycles. The maximum absolute atomic E-state index is 11.9. The molecule has 0 unspecified atom stereocenters. The van der Waals surface area contributed by atoms with Gasteiger partial charge in [-0.2, -0.15) is 0 Å². The molecule has 0 saturated heterocycles. The summed E-state index contributed by atoms with van der Waals surface area (Å²) in [4.78, 5) is 45.6. The van der Waals surface area contributed by atoms with Crippen molar-refractivity contribution in [1.82, 2.24) is 9.13 Å². The van der Waals surface area contributed by atoms with Crippen molar-refractivity contribution in [2.75, 3.05) is 5.73 Å². The summed E-state index contributed by atoms with van der Waals surface area (Å²) in [5.74, 6) is -1.08. The summed E-state index contributed by atoms with van der Waals surface area (Å²) in [6.45, 7) is 0. The molecule has 0 saturated carbocycles. The summed E-state index contributed by atoms with van der Waals surface area (Å²) in [6.07, 6.45) is 0. The summed E-state index contributed by atoms with van der Waals surface area (Å²) < 4.78 is 1.69. The zero-order chi connectivity index (χ0) is 13.8. The first-order valence-electron chi connectivity index (χ1n) is 4.87. The minimum atomic E-state index is -1.07. The molecule has 0 bridgehead atoms. The van der Waals surface area contributed by atoms with Crippen molar-refractivity contribution in [1.29, 1.82) is 0 Å².